The molecule has 0 aliphatic carbocycles. The molecule has 0 aliphatic rings. The van der Waals surface area contributed by atoms with Gasteiger partial charge in [0, 0.05) is 18.9 Å². The molecule has 0 bridgehead atoms. The highest BCUT2D eigenvalue weighted by Crippen LogP contribution is 2.28. The van der Waals surface area contributed by atoms with E-state index in [0.29, 0.717) is 22.5 Å². The molecule has 0 fully saturated rings. The van der Waals surface area contributed by atoms with Gasteiger partial charge in [-0.2, -0.15) is 22.8 Å². The van der Waals surface area contributed by atoms with Gasteiger partial charge in [-0.3, -0.25) is 4.79 Å². The second-order valence-electron chi connectivity index (χ2n) is 4.77. The zero-order valence-corrected chi connectivity index (χ0v) is 13.0. The van der Waals surface area contributed by atoms with Gasteiger partial charge in [0.2, 0.25) is 10.9 Å². The Bertz CT molecular complexity index is 647. The van der Waals surface area contributed by atoms with E-state index in [1.165, 1.54) is 0 Å². The van der Waals surface area contributed by atoms with E-state index in [-0.39, 0.29) is 16.8 Å². The van der Waals surface area contributed by atoms with Crippen molar-refractivity contribution >= 4 is 22.2 Å². The maximum atomic E-state index is 12.7. The molecule has 122 valence electrons. The summed E-state index contributed by atoms with van der Waals surface area (Å²) in [5.74, 6) is -1.20. The van der Waals surface area contributed by atoms with Crippen molar-refractivity contribution in [1.29, 1.82) is 0 Å². The van der Waals surface area contributed by atoms with Crippen LogP contribution in [0.4, 0.5) is 13.2 Å². The lowest BCUT2D eigenvalue weighted by Gasteiger charge is -2.11. The summed E-state index contributed by atoms with van der Waals surface area (Å²) in [6.45, 7) is 4.21. The van der Waals surface area contributed by atoms with E-state index in [9.17, 15) is 18.0 Å². The van der Waals surface area contributed by atoms with Crippen molar-refractivity contribution in [3.63, 3.8) is 0 Å². The largest absolute Gasteiger partial charge is 0.453 e. The first-order chi connectivity index (χ1) is 10.4. The van der Waals surface area contributed by atoms with E-state index < -0.39 is 12.0 Å². The molecule has 1 amide bonds. The van der Waals surface area contributed by atoms with Gasteiger partial charge in [-0.05, 0) is 12.8 Å². The predicted molar refractivity (Wildman–Crippen MR) is 74.4 cm³/mol. The Kier molecular flexibility index (Phi) is 4.99. The summed E-state index contributed by atoms with van der Waals surface area (Å²) in [6.07, 6.45) is -2.71. The average Bonchev–Trinajstić information content (AvgIpc) is 2.98. The molecule has 10 heteroatoms. The van der Waals surface area contributed by atoms with Crippen molar-refractivity contribution in [3.05, 3.63) is 10.8 Å². The van der Waals surface area contributed by atoms with E-state index in [4.69, 9.17) is 0 Å². The highest BCUT2D eigenvalue weighted by molar-refractivity contribution is 7.16. The third-order valence-electron chi connectivity index (χ3n) is 3.28. The lowest BCUT2D eigenvalue weighted by atomic mass is 10.0. The van der Waals surface area contributed by atoms with Crippen LogP contribution in [-0.4, -0.2) is 32.3 Å². The minimum atomic E-state index is -4.59. The zero-order chi connectivity index (χ0) is 16.3. The van der Waals surface area contributed by atoms with E-state index in [1.807, 2.05) is 13.8 Å². The number of alkyl halides is 3. The number of halogens is 3. The maximum Gasteiger partial charge on any atom is 0.453 e. The van der Waals surface area contributed by atoms with Gasteiger partial charge < -0.3 is 5.32 Å². The topological polar surface area (TPSA) is 72.2 Å². The average molecular weight is 335 g/mol. The van der Waals surface area contributed by atoms with Crippen LogP contribution in [-0.2, 0) is 17.4 Å². The van der Waals surface area contributed by atoms with Crippen LogP contribution in [0.3, 0.4) is 0 Å². The molecule has 2 aromatic rings. The number of nitrogens with zero attached hydrogens (tertiary/aromatic N) is 4. The number of amides is 1. The molecular formula is C12H16F3N5OS. The summed E-state index contributed by atoms with van der Waals surface area (Å²) < 4.78 is 38.7. The molecular weight excluding hydrogens is 319 g/mol. The normalized spacial score (nSPS) is 12.3. The molecule has 6 nitrogen and oxygen atoms in total. The summed E-state index contributed by atoms with van der Waals surface area (Å²) in [6, 6.07) is 0. The Morgan fingerprint density at radius 2 is 2.00 bits per heavy atom. The Balaban J connectivity index is 1.98. The predicted octanol–water partition coefficient (Wildman–Crippen LogP) is 2.30. The number of nitrogens with one attached hydrogen (secondary N) is 1. The number of carbonyl (C=O) groups is 1. The van der Waals surface area contributed by atoms with Crippen molar-refractivity contribution in [2.45, 2.75) is 39.3 Å². The first-order valence-corrected chi connectivity index (χ1v) is 7.74. The first-order valence-electron chi connectivity index (χ1n) is 6.92. The minimum absolute atomic E-state index is 0.0327. The SMILES string of the molecule is CCC(CC)C(=O)NCCc1nn2c(C(F)(F)F)nnc2s1. The van der Waals surface area contributed by atoms with E-state index >= 15 is 0 Å². The standard InChI is InChI=1S/C12H16F3N5OS/c1-3-7(4-2)9(21)16-6-5-8-19-20-10(12(13,14)15)17-18-11(20)22-8/h7H,3-6H2,1-2H3,(H,16,21). The minimum Gasteiger partial charge on any atom is -0.355 e. The fourth-order valence-corrected chi connectivity index (χ4v) is 2.86. The van der Waals surface area contributed by atoms with Gasteiger partial charge >= 0.3 is 6.18 Å². The molecule has 22 heavy (non-hydrogen) atoms. The molecule has 0 spiro atoms. The Hall–Kier alpha value is -1.71. The van der Waals surface area contributed by atoms with Gasteiger partial charge in [0.05, 0.1) is 0 Å². The van der Waals surface area contributed by atoms with Crippen LogP contribution >= 0.6 is 11.3 Å². The number of fused-ring (bicyclic) bond motifs is 1. The first kappa shape index (κ1) is 16.7. The monoisotopic (exact) mass is 335 g/mol. The van der Waals surface area contributed by atoms with Gasteiger partial charge in [0.15, 0.2) is 0 Å². The third-order valence-corrected chi connectivity index (χ3v) is 4.24. The highest BCUT2D eigenvalue weighted by atomic mass is 32.1. The van der Waals surface area contributed by atoms with E-state index in [1.54, 1.807) is 0 Å². The Morgan fingerprint density at radius 1 is 1.32 bits per heavy atom. The number of carbonyl (C=O) groups excluding carboxylic acids is 1. The van der Waals surface area contributed by atoms with Crippen molar-refractivity contribution < 1.29 is 18.0 Å². The molecule has 2 heterocycles. The fraction of sp³-hybridized carbons (Fsp3) is 0.667. The summed E-state index contributed by atoms with van der Waals surface area (Å²) >= 11 is 1.03. The van der Waals surface area contributed by atoms with Crippen LogP contribution in [0.2, 0.25) is 0 Å². The summed E-state index contributed by atoms with van der Waals surface area (Å²) in [7, 11) is 0. The van der Waals surface area contributed by atoms with Gasteiger partial charge in [0.25, 0.3) is 5.82 Å². The number of hydrogen-bond donors (Lipinski definition) is 1. The van der Waals surface area contributed by atoms with Gasteiger partial charge in [-0.1, -0.05) is 25.2 Å². The van der Waals surface area contributed by atoms with E-state index in [0.717, 1.165) is 24.2 Å². The Labute approximate surface area is 128 Å². The van der Waals surface area contributed by atoms with Gasteiger partial charge in [0.1, 0.15) is 5.01 Å². The summed E-state index contributed by atoms with van der Waals surface area (Å²) in [5.41, 5.74) is 0. The fourth-order valence-electron chi connectivity index (χ4n) is 2.03. The van der Waals surface area contributed by atoms with Crippen molar-refractivity contribution in [2.24, 2.45) is 5.92 Å². The second kappa shape index (κ2) is 6.59. The summed E-state index contributed by atoms with van der Waals surface area (Å²) in [4.78, 5) is 11.9. The molecule has 0 aliphatic heterocycles. The molecule has 2 rings (SSSR count). The smallest absolute Gasteiger partial charge is 0.355 e. The number of hydrogen-bond acceptors (Lipinski definition) is 5. The molecule has 1 N–H and O–H groups in total. The molecule has 2 aromatic heterocycles. The Morgan fingerprint density at radius 3 is 2.59 bits per heavy atom. The number of rotatable bonds is 6. The van der Waals surface area contributed by atoms with Crippen molar-refractivity contribution in [2.75, 3.05) is 6.54 Å². The lowest BCUT2D eigenvalue weighted by Crippen LogP contribution is -2.31. The van der Waals surface area contributed by atoms with Crippen LogP contribution in [0, 0.1) is 5.92 Å². The maximum absolute atomic E-state index is 12.7. The summed E-state index contributed by atoms with van der Waals surface area (Å²) in [5, 5.41) is 13.7. The zero-order valence-electron chi connectivity index (χ0n) is 12.1. The van der Waals surface area contributed by atoms with E-state index in [2.05, 4.69) is 20.6 Å². The number of aromatic nitrogens is 4. The lowest BCUT2D eigenvalue weighted by molar-refractivity contribution is -0.146. The van der Waals surface area contributed by atoms with Crippen LogP contribution in [0.15, 0.2) is 0 Å². The van der Waals surface area contributed by atoms with Crippen LogP contribution in [0.5, 0.6) is 0 Å². The molecule has 0 atom stereocenters. The van der Waals surface area contributed by atoms with Crippen molar-refractivity contribution in [1.82, 2.24) is 25.1 Å². The highest BCUT2D eigenvalue weighted by Gasteiger charge is 2.38. The van der Waals surface area contributed by atoms with Gasteiger partial charge in [-0.15, -0.1) is 10.2 Å². The molecule has 0 saturated heterocycles. The van der Waals surface area contributed by atoms with Crippen molar-refractivity contribution in [3.8, 4) is 0 Å². The molecule has 0 radical (unpaired) electrons. The van der Waals surface area contributed by atoms with Crippen LogP contribution < -0.4 is 5.32 Å². The molecule has 0 aromatic carbocycles. The van der Waals surface area contributed by atoms with Crippen LogP contribution in [0.25, 0.3) is 4.96 Å². The molecule has 0 saturated carbocycles. The third kappa shape index (κ3) is 3.54. The van der Waals surface area contributed by atoms with Crippen LogP contribution in [0.1, 0.15) is 37.5 Å². The quantitative estimate of drug-likeness (QED) is 0.879. The second-order valence-corrected chi connectivity index (χ2v) is 5.81. The molecule has 0 unspecified atom stereocenters. The van der Waals surface area contributed by atoms with Gasteiger partial charge in [-0.25, -0.2) is 0 Å².